The van der Waals surface area contributed by atoms with Gasteiger partial charge in [0.05, 0.1) is 12.6 Å². The zero-order chi connectivity index (χ0) is 13.5. The molecular weight excluding hydrogens is 232 g/mol. The van der Waals surface area contributed by atoms with Gasteiger partial charge in [-0.05, 0) is 33.2 Å². The number of hydrogen-bond acceptors (Lipinski definition) is 4. The van der Waals surface area contributed by atoms with Crippen LogP contribution in [-0.4, -0.2) is 55.5 Å². The largest absolute Gasteiger partial charge is 0.383 e. The second-order valence-electron chi connectivity index (χ2n) is 4.90. The third kappa shape index (κ3) is 4.38. The molecule has 18 heavy (non-hydrogen) atoms. The van der Waals surface area contributed by atoms with Crippen molar-refractivity contribution in [1.82, 2.24) is 10.2 Å². The van der Waals surface area contributed by atoms with E-state index in [1.165, 1.54) is 0 Å². The number of hydrogen-bond donors (Lipinski definition) is 1. The lowest BCUT2D eigenvalue weighted by Gasteiger charge is -2.29. The smallest absolute Gasteiger partial charge is 0.237 e. The molecule has 1 heterocycles. The van der Waals surface area contributed by atoms with E-state index in [0.717, 1.165) is 19.4 Å². The van der Waals surface area contributed by atoms with Crippen LogP contribution in [0.4, 0.5) is 0 Å². The molecule has 1 N–H and O–H groups in total. The number of likely N-dealkylation sites (tertiary alicyclic amines) is 1. The Balaban J connectivity index is 2.45. The molecule has 0 aliphatic carbocycles. The Morgan fingerprint density at radius 3 is 2.83 bits per heavy atom. The lowest BCUT2D eigenvalue weighted by atomic mass is 10.1. The maximum absolute atomic E-state index is 11.9. The first-order chi connectivity index (χ1) is 8.56. The van der Waals surface area contributed by atoms with Crippen LogP contribution >= 0.6 is 0 Å². The molecule has 0 spiro atoms. The lowest BCUT2D eigenvalue weighted by molar-refractivity contribution is -0.127. The first-order valence-corrected chi connectivity index (χ1v) is 6.58. The average Bonchev–Trinajstić information content (AvgIpc) is 2.75. The third-order valence-electron chi connectivity index (χ3n) is 3.43. The van der Waals surface area contributed by atoms with Crippen molar-refractivity contribution in [3.05, 3.63) is 0 Å². The van der Waals surface area contributed by atoms with E-state index in [2.05, 4.69) is 10.2 Å². The minimum absolute atomic E-state index is 0.0162. The van der Waals surface area contributed by atoms with Gasteiger partial charge in [0.25, 0.3) is 0 Å². The number of nitrogens with one attached hydrogen (secondary N) is 1. The highest BCUT2D eigenvalue weighted by Crippen LogP contribution is 2.22. The van der Waals surface area contributed by atoms with Gasteiger partial charge in [0.1, 0.15) is 5.78 Å². The second kappa shape index (κ2) is 7.48. The summed E-state index contributed by atoms with van der Waals surface area (Å²) in [5.74, 6) is 0.210. The minimum atomic E-state index is -0.172. The van der Waals surface area contributed by atoms with Crippen molar-refractivity contribution in [2.75, 3.05) is 26.8 Å². The summed E-state index contributed by atoms with van der Waals surface area (Å²) in [4.78, 5) is 25.3. The van der Waals surface area contributed by atoms with E-state index >= 15 is 0 Å². The highest BCUT2D eigenvalue weighted by Gasteiger charge is 2.32. The van der Waals surface area contributed by atoms with Gasteiger partial charge in [-0.2, -0.15) is 0 Å². The fourth-order valence-electron chi connectivity index (χ4n) is 2.49. The van der Waals surface area contributed by atoms with Gasteiger partial charge in [-0.1, -0.05) is 0 Å². The molecule has 1 aliphatic rings. The van der Waals surface area contributed by atoms with Crippen molar-refractivity contribution in [1.29, 1.82) is 0 Å². The summed E-state index contributed by atoms with van der Waals surface area (Å²) in [7, 11) is 1.61. The zero-order valence-corrected chi connectivity index (χ0v) is 11.6. The van der Waals surface area contributed by atoms with E-state index in [4.69, 9.17) is 4.74 Å². The average molecular weight is 256 g/mol. The summed E-state index contributed by atoms with van der Waals surface area (Å²) in [5, 5.41) is 2.84. The molecule has 104 valence electrons. The van der Waals surface area contributed by atoms with Crippen LogP contribution in [0.15, 0.2) is 0 Å². The summed E-state index contributed by atoms with van der Waals surface area (Å²) in [6.07, 6.45) is 2.62. The van der Waals surface area contributed by atoms with Crippen molar-refractivity contribution in [2.24, 2.45) is 0 Å². The molecule has 0 radical (unpaired) electrons. The second-order valence-corrected chi connectivity index (χ2v) is 4.90. The van der Waals surface area contributed by atoms with Crippen LogP contribution < -0.4 is 5.32 Å². The van der Waals surface area contributed by atoms with Gasteiger partial charge in [-0.15, -0.1) is 0 Å². The number of rotatable bonds is 7. The molecule has 0 aromatic carbocycles. The number of ketones is 1. The minimum Gasteiger partial charge on any atom is -0.383 e. The standard InChI is InChI=1S/C13H24N2O3/c1-10(16)9-12-5-4-7-15(12)11(2)13(17)14-6-8-18-3/h11-12H,4-9H2,1-3H3,(H,14,17). The maximum atomic E-state index is 11.9. The van der Waals surface area contributed by atoms with Gasteiger partial charge in [-0.3, -0.25) is 14.5 Å². The highest BCUT2D eigenvalue weighted by molar-refractivity contribution is 5.81. The normalized spacial score (nSPS) is 21.8. The van der Waals surface area contributed by atoms with Gasteiger partial charge in [0.15, 0.2) is 0 Å². The number of nitrogens with zero attached hydrogens (tertiary/aromatic N) is 1. The van der Waals surface area contributed by atoms with Gasteiger partial charge in [-0.25, -0.2) is 0 Å². The number of carbonyl (C=O) groups excluding carboxylic acids is 2. The number of Topliss-reactive ketones (excluding diaryl/α,β-unsaturated/α-hetero) is 1. The van der Waals surface area contributed by atoms with Crippen LogP contribution in [0.3, 0.4) is 0 Å². The van der Waals surface area contributed by atoms with Crippen LogP contribution in [0.2, 0.25) is 0 Å². The van der Waals surface area contributed by atoms with Crippen LogP contribution in [0.1, 0.15) is 33.1 Å². The molecule has 0 aromatic heterocycles. The summed E-state index contributed by atoms with van der Waals surface area (Å²) in [5.41, 5.74) is 0. The highest BCUT2D eigenvalue weighted by atomic mass is 16.5. The van der Waals surface area contributed by atoms with Crippen molar-refractivity contribution >= 4 is 11.7 Å². The molecule has 0 aromatic rings. The van der Waals surface area contributed by atoms with Gasteiger partial charge in [0, 0.05) is 26.1 Å². The molecule has 0 saturated carbocycles. The van der Waals surface area contributed by atoms with Crippen molar-refractivity contribution in [2.45, 2.75) is 45.2 Å². The van der Waals surface area contributed by atoms with Gasteiger partial charge in [0.2, 0.25) is 5.91 Å². The summed E-state index contributed by atoms with van der Waals surface area (Å²) in [6, 6.07) is 0.0550. The number of amides is 1. The predicted molar refractivity (Wildman–Crippen MR) is 69.4 cm³/mol. The van der Waals surface area contributed by atoms with Crippen LogP contribution in [-0.2, 0) is 14.3 Å². The van der Waals surface area contributed by atoms with Crippen molar-refractivity contribution < 1.29 is 14.3 Å². The molecule has 1 fully saturated rings. The lowest BCUT2D eigenvalue weighted by Crippen LogP contribution is -2.48. The summed E-state index contributed by atoms with van der Waals surface area (Å²) >= 11 is 0. The third-order valence-corrected chi connectivity index (χ3v) is 3.43. The fraction of sp³-hybridized carbons (Fsp3) is 0.846. The van der Waals surface area contributed by atoms with E-state index < -0.39 is 0 Å². The van der Waals surface area contributed by atoms with E-state index in [9.17, 15) is 9.59 Å². The van der Waals surface area contributed by atoms with E-state index in [-0.39, 0.29) is 23.8 Å². The van der Waals surface area contributed by atoms with Crippen LogP contribution in [0.25, 0.3) is 0 Å². The zero-order valence-electron chi connectivity index (χ0n) is 11.6. The Kier molecular flexibility index (Phi) is 6.29. The topological polar surface area (TPSA) is 58.6 Å². The Morgan fingerprint density at radius 1 is 1.50 bits per heavy atom. The van der Waals surface area contributed by atoms with Crippen molar-refractivity contribution in [3.8, 4) is 0 Å². The molecule has 1 saturated heterocycles. The van der Waals surface area contributed by atoms with E-state index in [1.807, 2.05) is 6.92 Å². The molecule has 2 unspecified atom stereocenters. The molecule has 0 bridgehead atoms. The summed E-state index contributed by atoms with van der Waals surface area (Å²) in [6.45, 7) is 5.47. The molecule has 5 nitrogen and oxygen atoms in total. The Labute approximate surface area is 109 Å². The number of carbonyl (C=O) groups is 2. The van der Waals surface area contributed by atoms with Crippen LogP contribution in [0.5, 0.6) is 0 Å². The first kappa shape index (κ1) is 15.1. The fourth-order valence-corrected chi connectivity index (χ4v) is 2.49. The van der Waals surface area contributed by atoms with E-state index in [0.29, 0.717) is 19.6 Å². The number of ether oxygens (including phenoxy) is 1. The summed E-state index contributed by atoms with van der Waals surface area (Å²) < 4.78 is 4.90. The quantitative estimate of drug-likeness (QED) is 0.677. The molecular formula is C13H24N2O3. The van der Waals surface area contributed by atoms with Gasteiger partial charge >= 0.3 is 0 Å². The molecule has 1 rings (SSSR count). The molecule has 1 aliphatic heterocycles. The van der Waals surface area contributed by atoms with E-state index in [1.54, 1.807) is 14.0 Å². The first-order valence-electron chi connectivity index (χ1n) is 6.58. The molecule has 1 amide bonds. The van der Waals surface area contributed by atoms with Gasteiger partial charge < -0.3 is 10.1 Å². The SMILES string of the molecule is COCCNC(=O)C(C)N1CCCC1CC(C)=O. The van der Waals surface area contributed by atoms with Crippen molar-refractivity contribution in [3.63, 3.8) is 0 Å². The Bertz CT molecular complexity index is 294. The number of methoxy groups -OCH3 is 1. The molecule has 2 atom stereocenters. The Morgan fingerprint density at radius 2 is 2.22 bits per heavy atom. The monoisotopic (exact) mass is 256 g/mol. The molecule has 5 heteroatoms. The Hall–Kier alpha value is -0.940. The predicted octanol–water partition coefficient (Wildman–Crippen LogP) is 0.581. The maximum Gasteiger partial charge on any atom is 0.237 e. The van der Waals surface area contributed by atoms with Crippen LogP contribution in [0, 0.1) is 0 Å².